The lowest BCUT2D eigenvalue weighted by Gasteiger charge is -2.26. The molecule has 0 saturated carbocycles. The summed E-state index contributed by atoms with van der Waals surface area (Å²) in [6, 6.07) is 5.99. The third kappa shape index (κ3) is 6.20. The summed E-state index contributed by atoms with van der Waals surface area (Å²) in [6.07, 6.45) is 0.460. The van der Waals surface area contributed by atoms with Gasteiger partial charge in [0, 0.05) is 19.6 Å². The van der Waals surface area contributed by atoms with Crippen molar-refractivity contribution >= 4 is 5.91 Å². The average molecular weight is 320 g/mol. The van der Waals surface area contributed by atoms with Crippen LogP contribution >= 0.6 is 0 Å². The van der Waals surface area contributed by atoms with Gasteiger partial charge < -0.3 is 14.8 Å². The van der Waals surface area contributed by atoms with Crippen molar-refractivity contribution < 1.29 is 14.3 Å². The number of hydrogen-bond donors (Lipinski definition) is 1. The van der Waals surface area contributed by atoms with Crippen molar-refractivity contribution in [3.63, 3.8) is 0 Å². The summed E-state index contributed by atoms with van der Waals surface area (Å²) in [5.74, 6) is 0.685. The molecular weight excluding hydrogens is 292 g/mol. The molecule has 2 rings (SSSR count). The molecule has 0 bridgehead atoms. The predicted molar refractivity (Wildman–Crippen MR) is 90.9 cm³/mol. The number of benzene rings is 1. The molecular formula is C18H28N2O3. The number of nitrogens with one attached hydrogen (secondary N) is 1. The second-order valence-electron chi connectivity index (χ2n) is 6.18. The zero-order valence-electron chi connectivity index (χ0n) is 14.4. The van der Waals surface area contributed by atoms with E-state index >= 15 is 0 Å². The maximum absolute atomic E-state index is 12.1. The molecule has 1 heterocycles. The van der Waals surface area contributed by atoms with Crippen LogP contribution in [0.15, 0.2) is 18.2 Å². The third-order valence-electron chi connectivity index (χ3n) is 3.93. The van der Waals surface area contributed by atoms with Gasteiger partial charge in [0.25, 0.3) is 5.91 Å². The van der Waals surface area contributed by atoms with E-state index in [0.29, 0.717) is 6.54 Å². The van der Waals surface area contributed by atoms with Crippen molar-refractivity contribution in [2.75, 3.05) is 39.4 Å². The fourth-order valence-electron chi connectivity index (χ4n) is 2.74. The van der Waals surface area contributed by atoms with Gasteiger partial charge in [0.1, 0.15) is 5.75 Å². The molecule has 0 unspecified atom stereocenters. The van der Waals surface area contributed by atoms with Gasteiger partial charge >= 0.3 is 0 Å². The van der Waals surface area contributed by atoms with Gasteiger partial charge in [-0.2, -0.15) is 0 Å². The van der Waals surface area contributed by atoms with E-state index in [2.05, 4.69) is 16.3 Å². The van der Waals surface area contributed by atoms with E-state index in [-0.39, 0.29) is 5.91 Å². The molecule has 128 valence electrons. The molecule has 5 heteroatoms. The minimum atomic E-state index is -0.486. The van der Waals surface area contributed by atoms with Crippen LogP contribution in [0.5, 0.6) is 5.75 Å². The first-order valence-corrected chi connectivity index (χ1v) is 8.37. The van der Waals surface area contributed by atoms with Gasteiger partial charge in [0.2, 0.25) is 0 Å². The maximum atomic E-state index is 12.1. The number of carbonyl (C=O) groups excluding carboxylic acids is 1. The van der Waals surface area contributed by atoms with Gasteiger partial charge in [-0.15, -0.1) is 0 Å². The number of ether oxygens (including phenoxy) is 2. The third-order valence-corrected chi connectivity index (χ3v) is 3.93. The monoisotopic (exact) mass is 320 g/mol. The molecule has 1 aromatic carbocycles. The molecule has 23 heavy (non-hydrogen) atoms. The van der Waals surface area contributed by atoms with Crippen LogP contribution in [0.25, 0.3) is 0 Å². The number of amides is 1. The van der Waals surface area contributed by atoms with Crippen LogP contribution in [0.2, 0.25) is 0 Å². The van der Waals surface area contributed by atoms with Crippen LogP contribution in [0, 0.1) is 13.8 Å². The molecule has 1 aromatic rings. The van der Waals surface area contributed by atoms with Gasteiger partial charge in [0.15, 0.2) is 6.10 Å². The molecule has 0 aliphatic carbocycles. The van der Waals surface area contributed by atoms with Crippen LogP contribution in [0.4, 0.5) is 0 Å². The van der Waals surface area contributed by atoms with Gasteiger partial charge in [0.05, 0.1) is 13.2 Å². The Morgan fingerprint density at radius 2 is 1.91 bits per heavy atom. The van der Waals surface area contributed by atoms with E-state index in [4.69, 9.17) is 9.47 Å². The van der Waals surface area contributed by atoms with Crippen LogP contribution in [-0.2, 0) is 9.53 Å². The first-order chi connectivity index (χ1) is 11.0. The van der Waals surface area contributed by atoms with E-state index in [1.807, 2.05) is 26.0 Å². The summed E-state index contributed by atoms with van der Waals surface area (Å²) in [5.41, 5.74) is 2.27. The van der Waals surface area contributed by atoms with Crippen molar-refractivity contribution in [3.8, 4) is 5.75 Å². The summed E-state index contributed by atoms with van der Waals surface area (Å²) in [7, 11) is 0. The van der Waals surface area contributed by atoms with Crippen molar-refractivity contribution in [2.45, 2.75) is 33.3 Å². The highest BCUT2D eigenvalue weighted by Gasteiger charge is 2.15. The number of rotatable bonds is 7. The van der Waals surface area contributed by atoms with Crippen molar-refractivity contribution in [2.24, 2.45) is 0 Å². The average Bonchev–Trinajstić information content (AvgIpc) is 2.51. The van der Waals surface area contributed by atoms with Crippen LogP contribution in [-0.4, -0.2) is 56.3 Å². The van der Waals surface area contributed by atoms with Gasteiger partial charge in [-0.3, -0.25) is 9.69 Å². The Morgan fingerprint density at radius 1 is 1.26 bits per heavy atom. The predicted octanol–water partition coefficient (Wildman–Crippen LogP) is 1.91. The molecule has 0 aromatic heterocycles. The van der Waals surface area contributed by atoms with Gasteiger partial charge in [-0.05, 0) is 57.0 Å². The molecule has 0 radical (unpaired) electrons. The molecule has 1 N–H and O–H groups in total. The highest BCUT2D eigenvalue weighted by atomic mass is 16.5. The van der Waals surface area contributed by atoms with E-state index in [1.165, 1.54) is 0 Å². The molecule has 1 amide bonds. The fraction of sp³-hybridized carbons (Fsp3) is 0.611. The summed E-state index contributed by atoms with van der Waals surface area (Å²) in [5, 5.41) is 2.95. The van der Waals surface area contributed by atoms with E-state index in [9.17, 15) is 4.79 Å². The Bertz CT molecular complexity index is 493. The van der Waals surface area contributed by atoms with E-state index < -0.39 is 6.10 Å². The topological polar surface area (TPSA) is 50.8 Å². The van der Waals surface area contributed by atoms with Gasteiger partial charge in [-0.25, -0.2) is 0 Å². The highest BCUT2D eigenvalue weighted by molar-refractivity contribution is 5.80. The minimum Gasteiger partial charge on any atom is -0.481 e. The molecule has 5 nitrogen and oxygen atoms in total. The van der Waals surface area contributed by atoms with Crippen molar-refractivity contribution in [1.29, 1.82) is 0 Å². The molecule has 1 aliphatic rings. The second-order valence-corrected chi connectivity index (χ2v) is 6.18. The smallest absolute Gasteiger partial charge is 0.260 e. The fourth-order valence-corrected chi connectivity index (χ4v) is 2.74. The molecule has 1 fully saturated rings. The summed E-state index contributed by atoms with van der Waals surface area (Å²) in [4.78, 5) is 14.5. The largest absolute Gasteiger partial charge is 0.481 e. The molecule has 1 saturated heterocycles. The molecule has 1 atom stereocenters. The summed E-state index contributed by atoms with van der Waals surface area (Å²) in [6.45, 7) is 11.1. The zero-order valence-corrected chi connectivity index (χ0v) is 14.4. The minimum absolute atomic E-state index is 0.0638. The number of hydrogen-bond acceptors (Lipinski definition) is 4. The normalized spacial score (nSPS) is 16.8. The Kier molecular flexibility index (Phi) is 6.86. The molecule has 1 aliphatic heterocycles. The lowest BCUT2D eigenvalue weighted by Crippen LogP contribution is -2.40. The Hall–Kier alpha value is -1.59. The van der Waals surface area contributed by atoms with E-state index in [1.54, 1.807) is 6.92 Å². The Labute approximate surface area is 139 Å². The SMILES string of the molecule is Cc1cc(C)cc(O[C@@H](C)C(=O)NCCCN2CCOCC2)c1. The lowest BCUT2D eigenvalue weighted by molar-refractivity contribution is -0.127. The first kappa shape index (κ1) is 17.8. The number of carbonyl (C=O) groups is 1. The van der Waals surface area contributed by atoms with Crippen LogP contribution in [0.1, 0.15) is 24.5 Å². The number of morpholine rings is 1. The quantitative estimate of drug-likeness (QED) is 0.780. The first-order valence-electron chi connectivity index (χ1n) is 8.37. The van der Waals surface area contributed by atoms with Crippen molar-refractivity contribution in [1.82, 2.24) is 10.2 Å². The summed E-state index contributed by atoms with van der Waals surface area (Å²) < 4.78 is 11.1. The maximum Gasteiger partial charge on any atom is 0.260 e. The lowest BCUT2D eigenvalue weighted by atomic mass is 10.1. The van der Waals surface area contributed by atoms with Crippen LogP contribution in [0.3, 0.4) is 0 Å². The zero-order chi connectivity index (χ0) is 16.7. The summed E-state index contributed by atoms with van der Waals surface area (Å²) >= 11 is 0. The highest BCUT2D eigenvalue weighted by Crippen LogP contribution is 2.17. The Balaban J connectivity index is 1.68. The standard InChI is InChI=1S/C18H28N2O3/c1-14-11-15(2)13-17(12-14)23-16(3)18(21)19-5-4-6-20-7-9-22-10-8-20/h11-13,16H,4-10H2,1-3H3,(H,19,21)/t16-/m0/s1. The molecule has 0 spiro atoms. The Morgan fingerprint density at radius 3 is 2.57 bits per heavy atom. The van der Waals surface area contributed by atoms with Crippen molar-refractivity contribution in [3.05, 3.63) is 29.3 Å². The van der Waals surface area contributed by atoms with Crippen LogP contribution < -0.4 is 10.1 Å². The van der Waals surface area contributed by atoms with E-state index in [0.717, 1.165) is 56.1 Å². The number of nitrogens with zero attached hydrogens (tertiary/aromatic N) is 1. The number of aryl methyl sites for hydroxylation is 2. The second kappa shape index (κ2) is 8.89. The van der Waals surface area contributed by atoms with Gasteiger partial charge in [-0.1, -0.05) is 6.07 Å².